The third-order valence-corrected chi connectivity index (χ3v) is 4.39. The molecule has 5 nitrogen and oxygen atoms in total. The van der Waals surface area contributed by atoms with E-state index in [2.05, 4.69) is 5.32 Å². The van der Waals surface area contributed by atoms with E-state index in [-0.39, 0.29) is 30.2 Å². The summed E-state index contributed by atoms with van der Waals surface area (Å²) in [4.78, 5) is 22.6. The van der Waals surface area contributed by atoms with Crippen molar-refractivity contribution in [2.75, 3.05) is 26.4 Å². The zero-order valence-electron chi connectivity index (χ0n) is 16.3. The summed E-state index contributed by atoms with van der Waals surface area (Å²) in [6.07, 6.45) is 6.61. The largest absolute Gasteiger partial charge is 0.396 e. The molecule has 0 spiro atoms. The zero-order valence-corrected chi connectivity index (χ0v) is 17.7. The average molecular weight is 394 g/mol. The van der Waals surface area contributed by atoms with Crippen molar-refractivity contribution >= 4 is 11.7 Å². The Labute approximate surface area is 165 Å². The number of carbonyl (C=O) groups excluding carboxylic acids is 2. The van der Waals surface area contributed by atoms with E-state index >= 15 is 0 Å². The van der Waals surface area contributed by atoms with Gasteiger partial charge in [-0.25, -0.2) is 0 Å². The number of Topliss-reactive ketones (excluding diaryl/α,β-unsaturated/α-hetero) is 1. The second kappa shape index (κ2) is 18.4. The maximum Gasteiger partial charge on any atom is 0.220 e. The normalized spacial score (nSPS) is 19.2. The molecule has 0 bridgehead atoms. The number of ether oxygens (including phenoxy) is 1. The van der Waals surface area contributed by atoms with E-state index in [0.717, 1.165) is 38.7 Å². The molecule has 0 heterocycles. The van der Waals surface area contributed by atoms with Crippen LogP contribution in [0.15, 0.2) is 0 Å². The molecule has 147 valence electrons. The van der Waals surface area contributed by atoms with Crippen molar-refractivity contribution in [1.82, 2.24) is 5.32 Å². The van der Waals surface area contributed by atoms with Gasteiger partial charge in [0, 0.05) is 64.2 Å². The van der Waals surface area contributed by atoms with Gasteiger partial charge in [0.05, 0.1) is 0 Å². The Kier molecular flexibility index (Phi) is 19.8. The van der Waals surface area contributed by atoms with E-state index in [1.165, 1.54) is 0 Å². The minimum absolute atomic E-state index is 0. The molecule has 2 N–H and O–H groups in total. The number of ketones is 1. The van der Waals surface area contributed by atoms with E-state index in [1.54, 1.807) is 0 Å². The molecule has 1 fully saturated rings. The number of aliphatic hydroxyl groups excluding tert-OH is 1. The minimum Gasteiger partial charge on any atom is -0.396 e. The molecule has 0 atom stereocenters. The van der Waals surface area contributed by atoms with E-state index in [9.17, 15) is 9.59 Å². The monoisotopic (exact) mass is 394 g/mol. The predicted molar refractivity (Wildman–Crippen MR) is 96.9 cm³/mol. The van der Waals surface area contributed by atoms with Crippen LogP contribution < -0.4 is 5.32 Å². The van der Waals surface area contributed by atoms with Gasteiger partial charge >= 0.3 is 0 Å². The van der Waals surface area contributed by atoms with Crippen molar-refractivity contribution in [3.05, 3.63) is 0 Å². The van der Waals surface area contributed by atoms with Crippen LogP contribution in [0.2, 0.25) is 0 Å². The van der Waals surface area contributed by atoms with Crippen molar-refractivity contribution in [2.45, 2.75) is 72.1 Å². The SMILES string of the molecule is CC.CCC(=O)CCNC(=O)CCCOCC1CCC(CO)CC1.[V]. The standard InChI is InChI=1S/C17H31NO4.C2H6.V/c1-2-16(20)9-10-18-17(21)4-3-11-22-13-15-7-5-14(12-19)6-8-15;1-2;/h14-15,19H,2-13H2,1H3,(H,18,21);1-2H3;. The second-order valence-corrected chi connectivity index (χ2v) is 6.24. The van der Waals surface area contributed by atoms with Gasteiger partial charge in [0.2, 0.25) is 5.91 Å². The topological polar surface area (TPSA) is 75.6 Å². The summed E-state index contributed by atoms with van der Waals surface area (Å²) in [5, 5.41) is 11.9. The molecule has 0 unspecified atom stereocenters. The van der Waals surface area contributed by atoms with Crippen LogP contribution in [-0.4, -0.2) is 43.2 Å². The van der Waals surface area contributed by atoms with Crippen LogP contribution in [0, 0.1) is 11.8 Å². The van der Waals surface area contributed by atoms with Gasteiger partial charge in [-0.05, 0) is 43.9 Å². The van der Waals surface area contributed by atoms with Crippen LogP contribution in [0.3, 0.4) is 0 Å². The maximum atomic E-state index is 11.5. The first kappa shape index (κ1) is 26.9. The smallest absolute Gasteiger partial charge is 0.220 e. The van der Waals surface area contributed by atoms with Crippen LogP contribution in [0.25, 0.3) is 0 Å². The van der Waals surface area contributed by atoms with Gasteiger partial charge in [-0.15, -0.1) is 0 Å². The van der Waals surface area contributed by atoms with Crippen LogP contribution in [0.4, 0.5) is 0 Å². The Bertz CT molecular complexity index is 331. The number of amides is 1. The number of hydrogen-bond acceptors (Lipinski definition) is 4. The zero-order chi connectivity index (χ0) is 18.2. The molecule has 1 saturated carbocycles. The van der Waals surface area contributed by atoms with E-state index in [1.807, 2.05) is 20.8 Å². The van der Waals surface area contributed by atoms with E-state index in [4.69, 9.17) is 9.84 Å². The van der Waals surface area contributed by atoms with Gasteiger partial charge in [0.25, 0.3) is 0 Å². The molecule has 25 heavy (non-hydrogen) atoms. The summed E-state index contributed by atoms with van der Waals surface area (Å²) < 4.78 is 5.66. The van der Waals surface area contributed by atoms with Gasteiger partial charge in [-0.1, -0.05) is 20.8 Å². The van der Waals surface area contributed by atoms with Crippen molar-refractivity contribution in [3.8, 4) is 0 Å². The molecule has 1 rings (SSSR count). The van der Waals surface area contributed by atoms with Gasteiger partial charge in [-0.3, -0.25) is 9.59 Å². The first-order valence-electron chi connectivity index (χ1n) is 9.62. The van der Waals surface area contributed by atoms with Gasteiger partial charge in [0.15, 0.2) is 0 Å². The van der Waals surface area contributed by atoms with Gasteiger partial charge < -0.3 is 15.2 Å². The number of rotatable bonds is 11. The van der Waals surface area contributed by atoms with Crippen LogP contribution in [0.5, 0.6) is 0 Å². The fourth-order valence-electron chi connectivity index (χ4n) is 2.77. The molecule has 1 aliphatic rings. The number of hydrogen-bond donors (Lipinski definition) is 2. The summed E-state index contributed by atoms with van der Waals surface area (Å²) in [6, 6.07) is 0. The molecule has 6 heteroatoms. The Morgan fingerprint density at radius 2 is 1.68 bits per heavy atom. The molecule has 1 amide bonds. The first-order valence-corrected chi connectivity index (χ1v) is 9.62. The molecule has 0 aromatic rings. The summed E-state index contributed by atoms with van der Waals surface area (Å²) >= 11 is 0. The number of nitrogens with one attached hydrogen (secondary N) is 1. The summed E-state index contributed by atoms with van der Waals surface area (Å²) in [5.41, 5.74) is 0. The number of aliphatic hydroxyl groups is 1. The molecule has 0 aromatic carbocycles. The van der Waals surface area contributed by atoms with Crippen LogP contribution in [0.1, 0.15) is 72.1 Å². The van der Waals surface area contributed by atoms with Crippen LogP contribution in [-0.2, 0) is 32.9 Å². The molecule has 0 aromatic heterocycles. The Hall–Kier alpha value is -0.356. The molecular weight excluding hydrogens is 357 g/mol. The van der Waals surface area contributed by atoms with Gasteiger partial charge in [0.1, 0.15) is 5.78 Å². The fraction of sp³-hybridized carbons (Fsp3) is 0.895. The molecule has 0 aliphatic heterocycles. The van der Waals surface area contributed by atoms with E-state index < -0.39 is 0 Å². The molecule has 0 saturated heterocycles. The molecule has 1 aliphatic carbocycles. The molecule has 1 radical (unpaired) electrons. The fourth-order valence-corrected chi connectivity index (χ4v) is 2.77. The Morgan fingerprint density at radius 1 is 1.08 bits per heavy atom. The Morgan fingerprint density at radius 3 is 2.24 bits per heavy atom. The molecular formula is C19H37NO4V. The van der Waals surface area contributed by atoms with Crippen molar-refractivity contribution < 1.29 is 38.0 Å². The summed E-state index contributed by atoms with van der Waals surface area (Å²) in [6.45, 7) is 7.97. The van der Waals surface area contributed by atoms with Crippen LogP contribution >= 0.6 is 0 Å². The third-order valence-electron chi connectivity index (χ3n) is 4.39. The first-order chi connectivity index (χ1) is 11.7. The van der Waals surface area contributed by atoms with Gasteiger partial charge in [-0.2, -0.15) is 0 Å². The van der Waals surface area contributed by atoms with Crippen molar-refractivity contribution in [3.63, 3.8) is 0 Å². The number of carbonyl (C=O) groups is 2. The van der Waals surface area contributed by atoms with E-state index in [0.29, 0.717) is 50.9 Å². The summed E-state index contributed by atoms with van der Waals surface area (Å²) in [5.74, 6) is 1.27. The Balaban J connectivity index is 0. The van der Waals surface area contributed by atoms with Crippen molar-refractivity contribution in [2.24, 2.45) is 11.8 Å². The maximum absolute atomic E-state index is 11.5. The summed E-state index contributed by atoms with van der Waals surface area (Å²) in [7, 11) is 0. The predicted octanol–water partition coefficient (Wildman–Crippen LogP) is 3.09. The quantitative estimate of drug-likeness (QED) is 0.528. The minimum atomic E-state index is -0.00374. The average Bonchev–Trinajstić information content (AvgIpc) is 2.63. The van der Waals surface area contributed by atoms with Crippen molar-refractivity contribution in [1.29, 1.82) is 0 Å². The third kappa shape index (κ3) is 14.5. The second-order valence-electron chi connectivity index (χ2n) is 6.24.